The highest BCUT2D eigenvalue weighted by Gasteiger charge is 2.38. The summed E-state index contributed by atoms with van der Waals surface area (Å²) >= 11 is 0. The second-order valence-electron chi connectivity index (χ2n) is 5.45. The van der Waals surface area contributed by atoms with Gasteiger partial charge in [-0.05, 0) is 17.7 Å². The number of aromatic nitrogens is 2. The molecule has 152 valence electrons. The lowest BCUT2D eigenvalue weighted by molar-refractivity contribution is -0.192. The van der Waals surface area contributed by atoms with Crippen molar-refractivity contribution in [2.75, 3.05) is 18.5 Å². The standard InChI is InChI=1S/C14H15N3O4.C2HF3O2/c18-14(19)9-17-8-11(7-16-17)15-6-10-1-2-12-13(5-10)21-4-3-20-12;3-2(4,5)1(6)7/h1-2,5,7-8,15H,3-4,6,9H2,(H,18,19);(H,6,7). The smallest absolute Gasteiger partial charge is 0.486 e. The number of nitrogens with zero attached hydrogens (tertiary/aromatic N) is 2. The van der Waals surface area contributed by atoms with Crippen molar-refractivity contribution in [2.24, 2.45) is 0 Å². The van der Waals surface area contributed by atoms with Gasteiger partial charge in [0.25, 0.3) is 0 Å². The van der Waals surface area contributed by atoms with Crippen LogP contribution in [0.4, 0.5) is 18.9 Å². The first-order chi connectivity index (χ1) is 13.1. The van der Waals surface area contributed by atoms with Crippen LogP contribution in [0.25, 0.3) is 0 Å². The largest absolute Gasteiger partial charge is 0.490 e. The first-order valence-corrected chi connectivity index (χ1v) is 7.82. The van der Waals surface area contributed by atoms with E-state index in [0.717, 1.165) is 22.7 Å². The van der Waals surface area contributed by atoms with Crippen LogP contribution in [-0.4, -0.2) is 51.3 Å². The Hall–Kier alpha value is -3.44. The number of nitrogens with one attached hydrogen (secondary N) is 1. The summed E-state index contributed by atoms with van der Waals surface area (Å²) in [6.45, 7) is 1.58. The third-order valence-corrected chi connectivity index (χ3v) is 3.28. The lowest BCUT2D eigenvalue weighted by Gasteiger charge is -2.18. The second kappa shape index (κ2) is 8.97. The van der Waals surface area contributed by atoms with E-state index in [9.17, 15) is 18.0 Å². The number of carbonyl (C=O) groups is 2. The average Bonchev–Trinajstić information content (AvgIpc) is 3.06. The van der Waals surface area contributed by atoms with E-state index in [4.69, 9.17) is 24.5 Å². The summed E-state index contributed by atoms with van der Waals surface area (Å²) in [4.78, 5) is 19.5. The van der Waals surface area contributed by atoms with Crippen molar-refractivity contribution in [3.63, 3.8) is 0 Å². The van der Waals surface area contributed by atoms with Gasteiger partial charge in [-0.1, -0.05) is 6.07 Å². The minimum atomic E-state index is -5.08. The van der Waals surface area contributed by atoms with Crippen molar-refractivity contribution in [1.82, 2.24) is 9.78 Å². The highest BCUT2D eigenvalue weighted by molar-refractivity contribution is 5.73. The molecular formula is C16H16F3N3O6. The van der Waals surface area contributed by atoms with Gasteiger partial charge in [0.2, 0.25) is 0 Å². The molecule has 2 aromatic rings. The Morgan fingerprint density at radius 3 is 2.43 bits per heavy atom. The zero-order valence-corrected chi connectivity index (χ0v) is 14.3. The molecule has 0 saturated carbocycles. The van der Waals surface area contributed by atoms with Crippen LogP contribution < -0.4 is 14.8 Å². The van der Waals surface area contributed by atoms with Gasteiger partial charge in [0, 0.05) is 12.7 Å². The molecule has 0 radical (unpaired) electrons. The average molecular weight is 403 g/mol. The molecule has 2 heterocycles. The molecule has 1 aliphatic rings. The maximum atomic E-state index is 10.6. The Morgan fingerprint density at radius 2 is 1.82 bits per heavy atom. The molecule has 1 aliphatic heterocycles. The molecular weight excluding hydrogens is 387 g/mol. The number of carboxylic acids is 2. The molecule has 0 amide bonds. The van der Waals surface area contributed by atoms with E-state index in [1.807, 2.05) is 18.2 Å². The van der Waals surface area contributed by atoms with E-state index >= 15 is 0 Å². The lowest BCUT2D eigenvalue weighted by atomic mass is 10.2. The van der Waals surface area contributed by atoms with E-state index in [1.54, 1.807) is 12.4 Å². The van der Waals surface area contributed by atoms with Crippen LogP contribution in [-0.2, 0) is 22.7 Å². The molecule has 0 aliphatic carbocycles. The third kappa shape index (κ3) is 6.37. The predicted octanol–water partition coefficient (Wildman–Crippen LogP) is 1.98. The number of rotatable bonds is 5. The number of carboxylic acid groups (broad SMARTS) is 2. The van der Waals surface area contributed by atoms with Crippen molar-refractivity contribution < 1.29 is 42.4 Å². The molecule has 0 unspecified atom stereocenters. The number of halogens is 3. The van der Waals surface area contributed by atoms with Crippen molar-refractivity contribution in [3.8, 4) is 11.5 Å². The number of alkyl halides is 3. The minimum Gasteiger partial charge on any atom is -0.486 e. The van der Waals surface area contributed by atoms with Crippen molar-refractivity contribution in [1.29, 1.82) is 0 Å². The molecule has 0 spiro atoms. The zero-order valence-electron chi connectivity index (χ0n) is 14.3. The van der Waals surface area contributed by atoms with Crippen LogP contribution >= 0.6 is 0 Å². The summed E-state index contributed by atoms with van der Waals surface area (Å²) in [6.07, 6.45) is -1.83. The van der Waals surface area contributed by atoms with Gasteiger partial charge >= 0.3 is 18.1 Å². The summed E-state index contributed by atoms with van der Waals surface area (Å²) in [5.41, 5.74) is 1.82. The molecule has 9 nitrogen and oxygen atoms in total. The maximum absolute atomic E-state index is 10.6. The number of aliphatic carboxylic acids is 2. The Bertz CT molecular complexity index is 837. The fraction of sp³-hybridized carbons (Fsp3) is 0.312. The fourth-order valence-electron chi connectivity index (χ4n) is 2.08. The van der Waals surface area contributed by atoms with Crippen LogP contribution in [0.15, 0.2) is 30.6 Å². The van der Waals surface area contributed by atoms with Crippen molar-refractivity contribution >= 4 is 17.6 Å². The minimum absolute atomic E-state index is 0.147. The van der Waals surface area contributed by atoms with E-state index in [2.05, 4.69) is 10.4 Å². The Kier molecular flexibility index (Phi) is 6.69. The number of benzene rings is 1. The normalized spacial score (nSPS) is 12.5. The van der Waals surface area contributed by atoms with Gasteiger partial charge in [0.1, 0.15) is 19.8 Å². The van der Waals surface area contributed by atoms with E-state index < -0.39 is 18.1 Å². The highest BCUT2D eigenvalue weighted by Crippen LogP contribution is 2.30. The SMILES string of the molecule is O=C(O)C(F)(F)F.O=C(O)Cn1cc(NCc2ccc3c(c2)OCCO3)cn1. The van der Waals surface area contributed by atoms with Gasteiger partial charge in [-0.2, -0.15) is 18.3 Å². The highest BCUT2D eigenvalue weighted by atomic mass is 19.4. The van der Waals surface area contributed by atoms with Crippen LogP contribution in [0.1, 0.15) is 5.56 Å². The van der Waals surface area contributed by atoms with Crippen LogP contribution in [0.2, 0.25) is 0 Å². The lowest BCUT2D eigenvalue weighted by Crippen LogP contribution is -2.21. The van der Waals surface area contributed by atoms with Crippen LogP contribution in [0.3, 0.4) is 0 Å². The molecule has 0 fully saturated rings. The third-order valence-electron chi connectivity index (χ3n) is 3.28. The number of hydrogen-bond donors (Lipinski definition) is 3. The molecule has 1 aromatic carbocycles. The van der Waals surface area contributed by atoms with E-state index in [1.165, 1.54) is 4.68 Å². The molecule has 1 aromatic heterocycles. The second-order valence-corrected chi connectivity index (χ2v) is 5.45. The van der Waals surface area contributed by atoms with Gasteiger partial charge < -0.3 is 25.0 Å². The summed E-state index contributed by atoms with van der Waals surface area (Å²) in [5, 5.41) is 23.0. The summed E-state index contributed by atoms with van der Waals surface area (Å²) in [7, 11) is 0. The summed E-state index contributed by atoms with van der Waals surface area (Å²) in [6, 6.07) is 5.78. The summed E-state index contributed by atoms with van der Waals surface area (Å²) in [5.74, 6) is -2.16. The molecule has 3 N–H and O–H groups in total. The molecule has 0 atom stereocenters. The van der Waals surface area contributed by atoms with Gasteiger partial charge in [-0.15, -0.1) is 0 Å². The van der Waals surface area contributed by atoms with Crippen molar-refractivity contribution in [3.05, 3.63) is 36.2 Å². The van der Waals surface area contributed by atoms with Crippen molar-refractivity contribution in [2.45, 2.75) is 19.3 Å². The Labute approximate surface area is 156 Å². The van der Waals surface area contributed by atoms with Gasteiger partial charge in [-0.25, -0.2) is 4.79 Å². The zero-order chi connectivity index (χ0) is 20.7. The van der Waals surface area contributed by atoms with Gasteiger partial charge in [0.05, 0.1) is 11.9 Å². The predicted molar refractivity (Wildman–Crippen MR) is 88.3 cm³/mol. The van der Waals surface area contributed by atoms with Gasteiger partial charge in [-0.3, -0.25) is 9.48 Å². The molecule has 3 rings (SSSR count). The monoisotopic (exact) mass is 403 g/mol. The number of ether oxygens (including phenoxy) is 2. The first-order valence-electron chi connectivity index (χ1n) is 7.82. The maximum Gasteiger partial charge on any atom is 0.490 e. The van der Waals surface area contributed by atoms with Gasteiger partial charge in [0.15, 0.2) is 11.5 Å². The topological polar surface area (TPSA) is 123 Å². The number of anilines is 1. The Morgan fingerprint density at radius 1 is 1.18 bits per heavy atom. The molecule has 0 bridgehead atoms. The van der Waals surface area contributed by atoms with E-state index in [-0.39, 0.29) is 6.54 Å². The number of hydrogen-bond acceptors (Lipinski definition) is 6. The fourth-order valence-corrected chi connectivity index (χ4v) is 2.08. The molecule has 12 heteroatoms. The quantitative estimate of drug-likeness (QED) is 0.693. The number of fused-ring (bicyclic) bond motifs is 1. The van der Waals surface area contributed by atoms with Crippen LogP contribution in [0, 0.1) is 0 Å². The molecule has 0 saturated heterocycles. The summed E-state index contributed by atoms with van der Waals surface area (Å²) < 4.78 is 44.1. The Balaban J connectivity index is 0.000000345. The molecule has 28 heavy (non-hydrogen) atoms. The first kappa shape index (κ1) is 20.9. The van der Waals surface area contributed by atoms with Crippen LogP contribution in [0.5, 0.6) is 11.5 Å². The van der Waals surface area contributed by atoms with E-state index in [0.29, 0.717) is 19.8 Å².